The number of nitrogens with one attached hydrogen (secondary N) is 1. The summed E-state index contributed by atoms with van der Waals surface area (Å²) in [5, 5.41) is 16.4. The molecule has 0 fully saturated rings. The number of rotatable bonds is 2. The molecule has 100 valence electrons. The van der Waals surface area contributed by atoms with Crippen molar-refractivity contribution in [2.75, 3.05) is 5.32 Å². The number of hydrogen-bond acceptors (Lipinski definition) is 4. The van der Waals surface area contributed by atoms with Crippen LogP contribution in [0.2, 0.25) is 0 Å². The Balaban J connectivity index is 2.16. The van der Waals surface area contributed by atoms with E-state index in [0.29, 0.717) is 5.69 Å². The Bertz CT molecular complexity index is 599. The molecule has 0 saturated carbocycles. The van der Waals surface area contributed by atoms with E-state index < -0.39 is 5.91 Å². The lowest BCUT2D eigenvalue weighted by Crippen LogP contribution is -2.22. The second-order valence-electron chi connectivity index (χ2n) is 5.17. The Hall–Kier alpha value is -2.37. The van der Waals surface area contributed by atoms with Gasteiger partial charge in [0.25, 0.3) is 5.91 Å². The summed E-state index contributed by atoms with van der Waals surface area (Å²) in [7, 11) is 0. The lowest BCUT2D eigenvalue weighted by molar-refractivity contribution is 0.101. The van der Waals surface area contributed by atoms with E-state index >= 15 is 0 Å². The van der Waals surface area contributed by atoms with Crippen molar-refractivity contribution in [3.8, 4) is 5.75 Å². The molecule has 2 aromatic rings. The van der Waals surface area contributed by atoms with E-state index in [1.165, 1.54) is 12.3 Å². The normalized spacial score (nSPS) is 11.3. The molecule has 6 nitrogen and oxygen atoms in total. The lowest BCUT2D eigenvalue weighted by atomic mass is 10.1. The molecule has 2 rings (SSSR count). The first-order valence-electron chi connectivity index (χ1n) is 5.88. The molecule has 2 aromatic heterocycles. The van der Waals surface area contributed by atoms with Crippen molar-refractivity contribution in [2.24, 2.45) is 0 Å². The Morgan fingerprint density at radius 2 is 2.16 bits per heavy atom. The molecule has 0 aliphatic carbocycles. The second-order valence-corrected chi connectivity index (χ2v) is 5.17. The zero-order valence-corrected chi connectivity index (χ0v) is 11.1. The third-order valence-electron chi connectivity index (χ3n) is 2.53. The van der Waals surface area contributed by atoms with Crippen molar-refractivity contribution in [3.05, 3.63) is 36.4 Å². The third kappa shape index (κ3) is 2.90. The average Bonchev–Trinajstić information content (AvgIpc) is 2.77. The van der Waals surface area contributed by atoms with E-state index in [2.05, 4.69) is 15.4 Å². The van der Waals surface area contributed by atoms with Gasteiger partial charge in [0.15, 0.2) is 5.69 Å². The van der Waals surface area contributed by atoms with Crippen molar-refractivity contribution in [2.45, 2.75) is 26.3 Å². The van der Waals surface area contributed by atoms with Crippen LogP contribution in [0.5, 0.6) is 5.75 Å². The molecule has 0 saturated heterocycles. The first-order valence-corrected chi connectivity index (χ1v) is 5.88. The maximum atomic E-state index is 11.9. The quantitative estimate of drug-likeness (QED) is 0.865. The van der Waals surface area contributed by atoms with Gasteiger partial charge in [-0.25, -0.2) is 4.98 Å². The van der Waals surface area contributed by atoms with Crippen molar-refractivity contribution < 1.29 is 9.90 Å². The minimum absolute atomic E-state index is 0.00833. The fourth-order valence-corrected chi connectivity index (χ4v) is 1.52. The number of carbonyl (C=O) groups is 1. The molecule has 1 amide bonds. The Kier molecular flexibility index (Phi) is 3.25. The van der Waals surface area contributed by atoms with Gasteiger partial charge in [-0.15, -0.1) is 0 Å². The van der Waals surface area contributed by atoms with Gasteiger partial charge >= 0.3 is 0 Å². The zero-order chi connectivity index (χ0) is 14.0. The average molecular weight is 260 g/mol. The van der Waals surface area contributed by atoms with Crippen molar-refractivity contribution in [3.63, 3.8) is 0 Å². The Morgan fingerprint density at radius 1 is 1.42 bits per heavy atom. The molecular formula is C13H16N4O2. The molecule has 0 spiro atoms. The van der Waals surface area contributed by atoms with Crippen LogP contribution in [0.3, 0.4) is 0 Å². The summed E-state index contributed by atoms with van der Waals surface area (Å²) < 4.78 is 1.75. The van der Waals surface area contributed by atoms with Crippen LogP contribution in [0.1, 0.15) is 31.3 Å². The van der Waals surface area contributed by atoms with Gasteiger partial charge in [0.05, 0.1) is 17.4 Å². The fraction of sp³-hybridized carbons (Fsp3) is 0.308. The number of nitrogens with zero attached hydrogens (tertiary/aromatic N) is 3. The summed E-state index contributed by atoms with van der Waals surface area (Å²) in [6, 6.07) is 2.98. The fourth-order valence-electron chi connectivity index (χ4n) is 1.52. The highest BCUT2D eigenvalue weighted by molar-refractivity contribution is 6.04. The van der Waals surface area contributed by atoms with Crippen LogP contribution in [0.4, 0.5) is 5.69 Å². The van der Waals surface area contributed by atoms with Crippen LogP contribution in [0, 0.1) is 0 Å². The van der Waals surface area contributed by atoms with E-state index in [1.807, 2.05) is 20.8 Å². The predicted octanol–water partition coefficient (Wildman–Crippen LogP) is 1.99. The summed E-state index contributed by atoms with van der Waals surface area (Å²) >= 11 is 0. The summed E-state index contributed by atoms with van der Waals surface area (Å²) in [5.74, 6) is -0.616. The van der Waals surface area contributed by atoms with Gasteiger partial charge in [0.1, 0.15) is 5.75 Å². The molecule has 0 atom stereocenters. The molecular weight excluding hydrogens is 244 g/mol. The van der Waals surface area contributed by atoms with Gasteiger partial charge in [-0.2, -0.15) is 5.10 Å². The van der Waals surface area contributed by atoms with Crippen LogP contribution >= 0.6 is 0 Å². The SMILES string of the molecule is CC(C)(C)n1cc(NC(=O)c2ncccc2O)cn1. The highest BCUT2D eigenvalue weighted by Crippen LogP contribution is 2.18. The maximum absolute atomic E-state index is 11.9. The molecule has 0 aliphatic heterocycles. The number of pyridine rings is 1. The standard InChI is InChI=1S/C13H16N4O2/c1-13(2,3)17-8-9(7-15-17)16-12(19)11-10(18)5-4-6-14-11/h4-8,18H,1-3H3,(H,16,19). The number of aromatic nitrogens is 3. The first kappa shape index (κ1) is 13.1. The molecule has 19 heavy (non-hydrogen) atoms. The lowest BCUT2D eigenvalue weighted by Gasteiger charge is -2.18. The summed E-state index contributed by atoms with van der Waals surface area (Å²) in [5.41, 5.74) is 0.395. The molecule has 6 heteroatoms. The first-order chi connectivity index (χ1) is 8.88. The van der Waals surface area contributed by atoms with Crippen LogP contribution < -0.4 is 5.32 Å². The molecule has 0 bridgehead atoms. The molecule has 2 N–H and O–H groups in total. The van der Waals surface area contributed by atoms with Crippen LogP contribution in [0.25, 0.3) is 0 Å². The van der Waals surface area contributed by atoms with Crippen LogP contribution in [-0.2, 0) is 5.54 Å². The van der Waals surface area contributed by atoms with E-state index in [1.54, 1.807) is 23.1 Å². The van der Waals surface area contributed by atoms with E-state index in [-0.39, 0.29) is 17.0 Å². The molecule has 0 unspecified atom stereocenters. The maximum Gasteiger partial charge on any atom is 0.278 e. The van der Waals surface area contributed by atoms with Crippen LogP contribution in [-0.4, -0.2) is 25.8 Å². The molecule has 0 aliphatic rings. The smallest absolute Gasteiger partial charge is 0.278 e. The number of carbonyl (C=O) groups excluding carboxylic acids is 1. The summed E-state index contributed by atoms with van der Waals surface area (Å²) in [6.07, 6.45) is 4.74. The molecule has 0 radical (unpaired) electrons. The zero-order valence-electron chi connectivity index (χ0n) is 11.1. The number of hydrogen-bond donors (Lipinski definition) is 2. The predicted molar refractivity (Wildman–Crippen MR) is 71.1 cm³/mol. The second kappa shape index (κ2) is 4.72. The summed E-state index contributed by atoms with van der Waals surface area (Å²) in [6.45, 7) is 6.03. The third-order valence-corrected chi connectivity index (χ3v) is 2.53. The monoisotopic (exact) mass is 260 g/mol. The van der Waals surface area contributed by atoms with Gasteiger partial charge in [0, 0.05) is 12.4 Å². The van der Waals surface area contributed by atoms with Crippen molar-refractivity contribution in [1.82, 2.24) is 14.8 Å². The van der Waals surface area contributed by atoms with Crippen molar-refractivity contribution in [1.29, 1.82) is 0 Å². The summed E-state index contributed by atoms with van der Waals surface area (Å²) in [4.78, 5) is 15.8. The Labute approximate surface area is 111 Å². The molecule has 2 heterocycles. The number of anilines is 1. The molecule has 0 aromatic carbocycles. The van der Waals surface area contributed by atoms with E-state index in [9.17, 15) is 9.90 Å². The van der Waals surface area contributed by atoms with Gasteiger partial charge in [-0.3, -0.25) is 9.48 Å². The highest BCUT2D eigenvalue weighted by atomic mass is 16.3. The van der Waals surface area contributed by atoms with E-state index in [4.69, 9.17) is 0 Å². The minimum atomic E-state index is -0.466. The Morgan fingerprint density at radius 3 is 2.74 bits per heavy atom. The van der Waals surface area contributed by atoms with Gasteiger partial charge in [-0.1, -0.05) is 0 Å². The van der Waals surface area contributed by atoms with E-state index in [0.717, 1.165) is 0 Å². The topological polar surface area (TPSA) is 80.0 Å². The number of aromatic hydroxyl groups is 1. The van der Waals surface area contributed by atoms with Gasteiger partial charge in [0.2, 0.25) is 0 Å². The van der Waals surface area contributed by atoms with Gasteiger partial charge in [-0.05, 0) is 32.9 Å². The minimum Gasteiger partial charge on any atom is -0.505 e. The van der Waals surface area contributed by atoms with Crippen LogP contribution in [0.15, 0.2) is 30.7 Å². The van der Waals surface area contributed by atoms with Crippen molar-refractivity contribution >= 4 is 11.6 Å². The number of amides is 1. The van der Waals surface area contributed by atoms with Gasteiger partial charge < -0.3 is 10.4 Å². The largest absolute Gasteiger partial charge is 0.505 e. The highest BCUT2D eigenvalue weighted by Gasteiger charge is 2.16.